The maximum atomic E-state index is 12.4. The van der Waals surface area contributed by atoms with Crippen molar-refractivity contribution < 1.29 is 14.6 Å². The summed E-state index contributed by atoms with van der Waals surface area (Å²) in [7, 11) is 0. The normalized spacial score (nSPS) is 16.5. The van der Waals surface area contributed by atoms with Gasteiger partial charge >= 0.3 is 0 Å². The van der Waals surface area contributed by atoms with Crippen molar-refractivity contribution in [3.05, 3.63) is 48.0 Å². The van der Waals surface area contributed by atoms with Crippen LogP contribution in [0, 0.1) is 0 Å². The minimum absolute atomic E-state index is 0.0483. The standard InChI is InChI=1S/C17H16N4O3/c22-15-8-9-24-17-11(15)4-3-6-13(17)18-16(23)10-21-14-7-2-1-5-12(14)19-20-21/h1-7,15,22H,8-10H2,(H,18,23). The van der Waals surface area contributed by atoms with Gasteiger partial charge in [-0.15, -0.1) is 5.10 Å². The monoisotopic (exact) mass is 324 g/mol. The van der Waals surface area contributed by atoms with Gasteiger partial charge in [0.1, 0.15) is 17.8 Å². The van der Waals surface area contributed by atoms with Gasteiger partial charge in [0.25, 0.3) is 0 Å². The average molecular weight is 324 g/mol. The van der Waals surface area contributed by atoms with Crippen molar-refractivity contribution in [3.8, 4) is 5.75 Å². The van der Waals surface area contributed by atoms with E-state index < -0.39 is 6.10 Å². The number of fused-ring (bicyclic) bond motifs is 2. The summed E-state index contributed by atoms with van der Waals surface area (Å²) < 4.78 is 7.17. The number of amides is 1. The van der Waals surface area contributed by atoms with E-state index in [2.05, 4.69) is 15.6 Å². The van der Waals surface area contributed by atoms with Crippen LogP contribution >= 0.6 is 0 Å². The Morgan fingerprint density at radius 1 is 1.29 bits per heavy atom. The fourth-order valence-corrected chi connectivity index (χ4v) is 2.86. The maximum absolute atomic E-state index is 12.4. The number of aliphatic hydroxyl groups excluding tert-OH is 1. The molecule has 3 aromatic rings. The highest BCUT2D eigenvalue weighted by Crippen LogP contribution is 2.37. The van der Waals surface area contributed by atoms with E-state index in [4.69, 9.17) is 4.74 Å². The average Bonchev–Trinajstić information content (AvgIpc) is 2.99. The third-order valence-corrected chi connectivity index (χ3v) is 4.03. The number of ether oxygens (including phenoxy) is 1. The Morgan fingerprint density at radius 3 is 3.08 bits per heavy atom. The molecule has 1 amide bonds. The maximum Gasteiger partial charge on any atom is 0.246 e. The van der Waals surface area contributed by atoms with Gasteiger partial charge in [-0.05, 0) is 18.2 Å². The molecule has 7 nitrogen and oxygen atoms in total. The zero-order valence-corrected chi connectivity index (χ0v) is 12.8. The first-order chi connectivity index (χ1) is 11.7. The van der Waals surface area contributed by atoms with Crippen molar-refractivity contribution in [2.45, 2.75) is 19.1 Å². The molecule has 0 aliphatic carbocycles. The number of carbonyl (C=O) groups is 1. The number of aromatic nitrogens is 3. The van der Waals surface area contributed by atoms with Gasteiger partial charge in [0.2, 0.25) is 5.91 Å². The van der Waals surface area contributed by atoms with Crippen LogP contribution < -0.4 is 10.1 Å². The minimum Gasteiger partial charge on any atom is -0.491 e. The van der Waals surface area contributed by atoms with Crippen LogP contribution in [0.1, 0.15) is 18.1 Å². The first-order valence-electron chi connectivity index (χ1n) is 7.74. The van der Waals surface area contributed by atoms with E-state index in [-0.39, 0.29) is 12.5 Å². The first-order valence-corrected chi connectivity index (χ1v) is 7.74. The summed E-state index contributed by atoms with van der Waals surface area (Å²) in [4.78, 5) is 12.4. The van der Waals surface area contributed by atoms with Crippen LogP contribution in [0.2, 0.25) is 0 Å². The molecule has 4 rings (SSSR count). The third kappa shape index (κ3) is 2.59. The van der Waals surface area contributed by atoms with Crippen molar-refractivity contribution in [1.29, 1.82) is 0 Å². The number of nitrogens with one attached hydrogen (secondary N) is 1. The lowest BCUT2D eigenvalue weighted by Crippen LogP contribution is -2.21. The van der Waals surface area contributed by atoms with Gasteiger partial charge in [-0.2, -0.15) is 0 Å². The Kier molecular flexibility index (Phi) is 3.62. The number of hydrogen-bond donors (Lipinski definition) is 2. The number of nitrogens with zero attached hydrogens (tertiary/aromatic N) is 3. The van der Waals surface area contributed by atoms with Gasteiger partial charge in [0.05, 0.1) is 23.9 Å². The molecule has 122 valence electrons. The van der Waals surface area contributed by atoms with Crippen LogP contribution in [0.5, 0.6) is 5.75 Å². The lowest BCUT2D eigenvalue weighted by Gasteiger charge is -2.24. The molecule has 0 fully saturated rings. The summed E-state index contributed by atoms with van der Waals surface area (Å²) in [5, 5.41) is 20.9. The Balaban J connectivity index is 1.56. The number of carbonyl (C=O) groups excluding carboxylic acids is 1. The third-order valence-electron chi connectivity index (χ3n) is 4.03. The Bertz CT molecular complexity index is 906. The van der Waals surface area contributed by atoms with Gasteiger partial charge < -0.3 is 15.2 Å². The second-order valence-corrected chi connectivity index (χ2v) is 5.66. The van der Waals surface area contributed by atoms with Gasteiger partial charge in [-0.1, -0.05) is 29.5 Å². The first kappa shape index (κ1) is 14.6. The summed E-state index contributed by atoms with van der Waals surface area (Å²) >= 11 is 0. The van der Waals surface area contributed by atoms with E-state index in [0.717, 1.165) is 11.0 Å². The van der Waals surface area contributed by atoms with Crippen molar-refractivity contribution in [1.82, 2.24) is 15.0 Å². The predicted molar refractivity (Wildman–Crippen MR) is 87.7 cm³/mol. The highest BCUT2D eigenvalue weighted by Gasteiger charge is 2.22. The van der Waals surface area contributed by atoms with Crippen LogP contribution in [0.4, 0.5) is 5.69 Å². The van der Waals surface area contributed by atoms with E-state index in [9.17, 15) is 9.90 Å². The Morgan fingerprint density at radius 2 is 2.17 bits per heavy atom. The molecule has 7 heteroatoms. The summed E-state index contributed by atoms with van der Waals surface area (Å²) in [5.74, 6) is 0.302. The zero-order valence-electron chi connectivity index (χ0n) is 12.8. The molecule has 0 spiro atoms. The molecule has 0 bridgehead atoms. The highest BCUT2D eigenvalue weighted by atomic mass is 16.5. The van der Waals surface area contributed by atoms with Gasteiger partial charge in [-0.25, -0.2) is 4.68 Å². The number of benzene rings is 2. The van der Waals surface area contributed by atoms with E-state index in [1.165, 1.54) is 0 Å². The Hall–Kier alpha value is -2.93. The van der Waals surface area contributed by atoms with Crippen LogP contribution in [-0.4, -0.2) is 32.6 Å². The van der Waals surface area contributed by atoms with Gasteiger partial charge in [0, 0.05) is 12.0 Å². The minimum atomic E-state index is -0.565. The second kappa shape index (κ2) is 5.93. The number of aliphatic hydroxyl groups is 1. The van der Waals surface area contributed by atoms with E-state index in [1.54, 1.807) is 22.9 Å². The second-order valence-electron chi connectivity index (χ2n) is 5.66. The molecule has 0 saturated heterocycles. The molecule has 0 saturated carbocycles. The van der Waals surface area contributed by atoms with Gasteiger partial charge in [0.15, 0.2) is 0 Å². The van der Waals surface area contributed by atoms with Crippen LogP contribution in [0.3, 0.4) is 0 Å². The fourth-order valence-electron chi connectivity index (χ4n) is 2.86. The van der Waals surface area contributed by atoms with Crippen LogP contribution in [0.25, 0.3) is 11.0 Å². The predicted octanol–water partition coefficient (Wildman–Crippen LogP) is 1.89. The SMILES string of the molecule is O=C(Cn1nnc2ccccc21)Nc1cccc2c1OCCC2O. The highest BCUT2D eigenvalue weighted by molar-refractivity contribution is 5.93. The van der Waals surface area contributed by atoms with Crippen molar-refractivity contribution in [2.75, 3.05) is 11.9 Å². The molecular weight excluding hydrogens is 308 g/mol. The van der Waals surface area contributed by atoms with E-state index in [0.29, 0.717) is 30.0 Å². The summed E-state index contributed by atoms with van der Waals surface area (Å²) in [6, 6.07) is 12.8. The smallest absolute Gasteiger partial charge is 0.246 e. The molecule has 2 N–H and O–H groups in total. The molecule has 1 aliphatic heterocycles. The lowest BCUT2D eigenvalue weighted by atomic mass is 10.0. The quantitative estimate of drug-likeness (QED) is 0.768. The molecule has 1 aliphatic rings. The van der Waals surface area contributed by atoms with Crippen molar-refractivity contribution in [2.24, 2.45) is 0 Å². The molecular formula is C17H16N4O3. The lowest BCUT2D eigenvalue weighted by molar-refractivity contribution is -0.116. The summed E-state index contributed by atoms with van der Waals surface area (Å²) in [6.45, 7) is 0.474. The largest absolute Gasteiger partial charge is 0.491 e. The molecule has 1 aromatic heterocycles. The topological polar surface area (TPSA) is 89.3 Å². The summed E-state index contributed by atoms with van der Waals surface area (Å²) in [5.41, 5.74) is 2.80. The van der Waals surface area contributed by atoms with E-state index in [1.807, 2.05) is 24.3 Å². The van der Waals surface area contributed by atoms with Crippen molar-refractivity contribution in [3.63, 3.8) is 0 Å². The molecule has 2 aromatic carbocycles. The fraction of sp³-hybridized carbons (Fsp3) is 0.235. The van der Waals surface area contributed by atoms with Crippen LogP contribution in [-0.2, 0) is 11.3 Å². The molecule has 1 atom stereocenters. The molecule has 2 heterocycles. The van der Waals surface area contributed by atoms with Crippen LogP contribution in [0.15, 0.2) is 42.5 Å². The zero-order chi connectivity index (χ0) is 16.5. The number of rotatable bonds is 3. The van der Waals surface area contributed by atoms with Gasteiger partial charge in [-0.3, -0.25) is 4.79 Å². The van der Waals surface area contributed by atoms with Crippen molar-refractivity contribution >= 4 is 22.6 Å². The van der Waals surface area contributed by atoms with E-state index >= 15 is 0 Å². The molecule has 0 radical (unpaired) electrons. The number of hydrogen-bond acceptors (Lipinski definition) is 5. The number of anilines is 1. The molecule has 24 heavy (non-hydrogen) atoms. The molecule has 1 unspecified atom stereocenters. The Labute approximate surface area is 137 Å². The summed E-state index contributed by atoms with van der Waals surface area (Å²) in [6.07, 6.45) is -0.0140. The number of para-hydroxylation sites is 2.